The molecule has 4 aliphatic rings. The Kier molecular flexibility index (Phi) is 3.84. The van der Waals surface area contributed by atoms with Crippen LogP contribution in [0.25, 0.3) is 0 Å². The van der Waals surface area contributed by atoms with Gasteiger partial charge in [-0.3, -0.25) is 4.79 Å². The number of hydrogen-bond acceptors (Lipinski definition) is 4. The predicted octanol–water partition coefficient (Wildman–Crippen LogP) is 4.89. The zero-order valence-electron chi connectivity index (χ0n) is 16.8. The minimum atomic E-state index is -0.597. The largest absolute Gasteiger partial charge is 0.493 e. The number of ether oxygens (including phenoxy) is 3. The van der Waals surface area contributed by atoms with Crippen LogP contribution in [0.15, 0.2) is 6.07 Å². The van der Waals surface area contributed by atoms with E-state index >= 15 is 0 Å². The number of carbonyl (C=O) groups excluding carboxylic acids is 1. The SMILES string of the molecule is COc1c(C(C)C)cc2c(c1OC)[C@@]13CCCC(C)(C)[C@@H]1CC2OC3=O. The van der Waals surface area contributed by atoms with Crippen molar-refractivity contribution in [2.24, 2.45) is 11.3 Å². The van der Waals surface area contributed by atoms with E-state index in [4.69, 9.17) is 14.2 Å². The lowest BCUT2D eigenvalue weighted by Crippen LogP contribution is -2.59. The molecule has 2 aliphatic heterocycles. The summed E-state index contributed by atoms with van der Waals surface area (Å²) in [5, 5.41) is 0. The summed E-state index contributed by atoms with van der Waals surface area (Å²) in [7, 11) is 3.38. The molecule has 0 radical (unpaired) electrons. The summed E-state index contributed by atoms with van der Waals surface area (Å²) < 4.78 is 17.6. The van der Waals surface area contributed by atoms with Gasteiger partial charge in [0, 0.05) is 16.7 Å². The molecule has 0 aromatic heterocycles. The average molecular weight is 358 g/mol. The lowest BCUT2D eigenvalue weighted by molar-refractivity contribution is -0.185. The van der Waals surface area contributed by atoms with Crippen LogP contribution < -0.4 is 9.47 Å². The number of esters is 1. The lowest BCUT2D eigenvalue weighted by Gasteiger charge is -2.59. The van der Waals surface area contributed by atoms with Crippen LogP contribution in [-0.2, 0) is 14.9 Å². The van der Waals surface area contributed by atoms with E-state index in [1.807, 2.05) is 0 Å². The van der Waals surface area contributed by atoms with Crippen molar-refractivity contribution in [1.82, 2.24) is 0 Å². The second-order valence-electron chi connectivity index (χ2n) is 9.15. The summed E-state index contributed by atoms with van der Waals surface area (Å²) >= 11 is 0. The van der Waals surface area contributed by atoms with Crippen molar-refractivity contribution >= 4 is 5.97 Å². The first kappa shape index (κ1) is 17.7. The highest BCUT2D eigenvalue weighted by Crippen LogP contribution is 2.66. The molecular weight excluding hydrogens is 328 g/mol. The van der Waals surface area contributed by atoms with Gasteiger partial charge in [-0.15, -0.1) is 0 Å². The Hall–Kier alpha value is -1.71. The third-order valence-electron chi connectivity index (χ3n) is 7.11. The van der Waals surface area contributed by atoms with Crippen molar-refractivity contribution in [2.45, 2.75) is 70.8 Å². The van der Waals surface area contributed by atoms with E-state index in [2.05, 4.69) is 33.8 Å². The highest BCUT2D eigenvalue weighted by molar-refractivity contribution is 5.90. The van der Waals surface area contributed by atoms with E-state index in [-0.39, 0.29) is 23.4 Å². The molecule has 1 saturated heterocycles. The molecule has 2 bridgehead atoms. The van der Waals surface area contributed by atoms with Crippen LogP contribution in [0.3, 0.4) is 0 Å². The summed E-state index contributed by atoms with van der Waals surface area (Å²) in [5.41, 5.74) is 2.82. The monoisotopic (exact) mass is 358 g/mol. The van der Waals surface area contributed by atoms with Gasteiger partial charge in [0.2, 0.25) is 0 Å². The number of hydrogen-bond donors (Lipinski definition) is 0. The van der Waals surface area contributed by atoms with Gasteiger partial charge < -0.3 is 14.2 Å². The second-order valence-corrected chi connectivity index (χ2v) is 9.15. The molecule has 1 unspecified atom stereocenters. The van der Waals surface area contributed by atoms with Crippen molar-refractivity contribution in [3.8, 4) is 11.5 Å². The lowest BCUT2D eigenvalue weighted by atomic mass is 9.47. The van der Waals surface area contributed by atoms with Crippen LogP contribution in [0, 0.1) is 11.3 Å². The van der Waals surface area contributed by atoms with E-state index in [9.17, 15) is 4.79 Å². The zero-order chi connectivity index (χ0) is 18.9. The summed E-state index contributed by atoms with van der Waals surface area (Å²) in [6.45, 7) is 8.92. The van der Waals surface area contributed by atoms with Gasteiger partial charge in [0.15, 0.2) is 11.5 Å². The van der Waals surface area contributed by atoms with Crippen molar-refractivity contribution < 1.29 is 19.0 Å². The molecule has 2 aliphatic carbocycles. The van der Waals surface area contributed by atoms with Crippen molar-refractivity contribution in [2.75, 3.05) is 14.2 Å². The maximum atomic E-state index is 13.2. The van der Waals surface area contributed by atoms with Gasteiger partial charge in [-0.1, -0.05) is 34.1 Å². The Morgan fingerprint density at radius 1 is 1.15 bits per heavy atom. The van der Waals surface area contributed by atoms with Crippen molar-refractivity contribution in [1.29, 1.82) is 0 Å². The fraction of sp³-hybridized carbons (Fsp3) is 0.682. The molecule has 1 aromatic carbocycles. The zero-order valence-corrected chi connectivity index (χ0v) is 16.8. The van der Waals surface area contributed by atoms with Gasteiger partial charge in [-0.05, 0) is 42.6 Å². The van der Waals surface area contributed by atoms with Gasteiger partial charge in [-0.25, -0.2) is 0 Å². The quantitative estimate of drug-likeness (QED) is 0.722. The third kappa shape index (κ3) is 2.04. The molecule has 142 valence electrons. The van der Waals surface area contributed by atoms with Gasteiger partial charge in [0.1, 0.15) is 11.5 Å². The van der Waals surface area contributed by atoms with E-state index < -0.39 is 5.41 Å². The first-order valence-electron chi connectivity index (χ1n) is 9.78. The molecule has 1 spiro atoms. The Morgan fingerprint density at radius 3 is 2.46 bits per heavy atom. The number of rotatable bonds is 3. The van der Waals surface area contributed by atoms with E-state index in [1.54, 1.807) is 14.2 Å². The summed E-state index contributed by atoms with van der Waals surface area (Å²) in [5.74, 6) is 2.05. The molecular formula is C22H30O4. The van der Waals surface area contributed by atoms with E-state index in [0.29, 0.717) is 5.92 Å². The van der Waals surface area contributed by atoms with E-state index in [0.717, 1.165) is 53.9 Å². The average Bonchev–Trinajstić information content (AvgIpc) is 2.59. The highest BCUT2D eigenvalue weighted by Gasteiger charge is 2.65. The van der Waals surface area contributed by atoms with Gasteiger partial charge in [-0.2, -0.15) is 0 Å². The minimum absolute atomic E-state index is 0.0586. The summed E-state index contributed by atoms with van der Waals surface area (Å²) in [6.07, 6.45) is 3.76. The molecule has 2 fully saturated rings. The predicted molar refractivity (Wildman–Crippen MR) is 99.9 cm³/mol. The Balaban J connectivity index is 2.06. The topological polar surface area (TPSA) is 44.8 Å². The maximum absolute atomic E-state index is 13.2. The molecule has 1 aromatic rings. The van der Waals surface area contributed by atoms with Crippen molar-refractivity contribution in [3.63, 3.8) is 0 Å². The van der Waals surface area contributed by atoms with Gasteiger partial charge in [0.05, 0.1) is 14.2 Å². The molecule has 4 nitrogen and oxygen atoms in total. The second kappa shape index (κ2) is 5.64. The van der Waals surface area contributed by atoms with E-state index in [1.165, 1.54) is 0 Å². The van der Waals surface area contributed by atoms with Crippen LogP contribution in [0.2, 0.25) is 0 Å². The minimum Gasteiger partial charge on any atom is -0.493 e. The molecule has 2 heterocycles. The normalized spacial score (nSPS) is 31.3. The Labute approximate surface area is 156 Å². The third-order valence-corrected chi connectivity index (χ3v) is 7.11. The molecule has 1 saturated carbocycles. The number of benzene rings is 1. The maximum Gasteiger partial charge on any atom is 0.317 e. The first-order valence-corrected chi connectivity index (χ1v) is 9.78. The Bertz CT molecular complexity index is 764. The van der Waals surface area contributed by atoms with Gasteiger partial charge >= 0.3 is 5.97 Å². The van der Waals surface area contributed by atoms with Gasteiger partial charge in [0.25, 0.3) is 0 Å². The van der Waals surface area contributed by atoms with Crippen molar-refractivity contribution in [3.05, 3.63) is 22.8 Å². The van der Waals surface area contributed by atoms with Crippen LogP contribution in [0.4, 0.5) is 0 Å². The number of fused-ring (bicyclic) bond motifs is 1. The molecule has 4 heteroatoms. The molecule has 5 rings (SSSR count). The summed E-state index contributed by atoms with van der Waals surface area (Å²) in [6, 6.07) is 2.21. The highest BCUT2D eigenvalue weighted by atomic mass is 16.6. The fourth-order valence-corrected chi connectivity index (χ4v) is 5.92. The van der Waals surface area contributed by atoms with Crippen LogP contribution in [0.1, 0.15) is 82.1 Å². The number of methoxy groups -OCH3 is 2. The van der Waals surface area contributed by atoms with Crippen LogP contribution in [-0.4, -0.2) is 20.2 Å². The first-order chi connectivity index (χ1) is 12.3. The molecule has 3 atom stereocenters. The van der Waals surface area contributed by atoms with Crippen LogP contribution >= 0.6 is 0 Å². The smallest absolute Gasteiger partial charge is 0.317 e. The fourth-order valence-electron chi connectivity index (χ4n) is 5.92. The summed E-state index contributed by atoms with van der Waals surface area (Å²) in [4.78, 5) is 13.2. The molecule has 0 N–H and O–H groups in total. The Morgan fingerprint density at radius 2 is 1.85 bits per heavy atom. The van der Waals surface area contributed by atoms with Crippen LogP contribution in [0.5, 0.6) is 11.5 Å². The molecule has 0 amide bonds. The number of carbonyl (C=O) groups is 1. The molecule has 26 heavy (non-hydrogen) atoms. The standard InChI is InChI=1S/C22H30O4/c1-12(2)13-10-14-15-11-16-21(3,4)8-7-9-22(16,20(23)26-15)17(14)19(25-6)18(13)24-5/h10,12,15-16H,7-9,11H2,1-6H3/t15?,16-,22+/m0/s1.